The highest BCUT2D eigenvalue weighted by atomic mass is 79.9. The van der Waals surface area contributed by atoms with Crippen LogP contribution in [-0.4, -0.2) is 53.6 Å². The Kier molecular flexibility index (Phi) is 9.36. The van der Waals surface area contributed by atoms with Gasteiger partial charge < -0.3 is 25.7 Å². The number of Topliss-reactive ketones (excluding diaryl/α,β-unsaturated/α-hetero) is 1. The molecule has 1 aliphatic heterocycles. The number of alkyl halides is 1. The van der Waals surface area contributed by atoms with Crippen LogP contribution < -0.4 is 16.0 Å². The summed E-state index contributed by atoms with van der Waals surface area (Å²) in [6, 6.07) is 13.4. The lowest BCUT2D eigenvalue weighted by Gasteiger charge is -2.18. The zero-order chi connectivity index (χ0) is 28.8. The number of anilines is 1. The lowest BCUT2D eigenvalue weighted by atomic mass is 9.97. The van der Waals surface area contributed by atoms with Crippen LogP contribution in [0.15, 0.2) is 48.5 Å². The Hall–Kier alpha value is -3.99. The minimum Gasteiger partial charge on any atom is -0.464 e. The summed E-state index contributed by atoms with van der Waals surface area (Å²) in [4.78, 5) is 56.5. The number of hydrogen-bond donors (Lipinski definition) is 4. The van der Waals surface area contributed by atoms with Crippen LogP contribution in [0, 0.1) is 11.3 Å². The summed E-state index contributed by atoms with van der Waals surface area (Å²) < 4.78 is 5.16. The van der Waals surface area contributed by atoms with E-state index in [1.165, 1.54) is 0 Å². The number of ketones is 1. The highest BCUT2D eigenvalue weighted by Gasteiger charge is 2.34. The number of H-pyrrole nitrogens is 1. The summed E-state index contributed by atoms with van der Waals surface area (Å²) in [5.74, 6) is -1.89. The fraction of sp³-hybridized carbons (Fsp3) is 0.345. The second kappa shape index (κ2) is 12.9. The van der Waals surface area contributed by atoms with E-state index in [2.05, 4.69) is 26.2 Å². The predicted octanol–water partition coefficient (Wildman–Crippen LogP) is 3.80. The van der Waals surface area contributed by atoms with Gasteiger partial charge in [0.15, 0.2) is 0 Å². The largest absolute Gasteiger partial charge is 0.464 e. The van der Waals surface area contributed by atoms with E-state index < -0.39 is 23.8 Å². The summed E-state index contributed by atoms with van der Waals surface area (Å²) >= 11 is 3.44. The van der Waals surface area contributed by atoms with Crippen LogP contribution in [0.25, 0.3) is 10.9 Å². The van der Waals surface area contributed by atoms with E-state index in [1.54, 1.807) is 36.1 Å². The van der Waals surface area contributed by atoms with E-state index in [9.17, 15) is 19.2 Å². The standard InChI is InChI=1S/C29H32BrN5O5/c1-2-40-29(39)24(34-27(37)25-22(16-30)21-5-3-4-6-23(21)33-25)12-11-20(36)15-18-13-14-35(28(18)38)19-9-7-17(8-10-19)26(31)32/h3-10,18,24,33H,2,11-16H2,1H3,(H3,31,32)(H,34,37)/t18?,24-/m0/s1. The van der Waals surface area contributed by atoms with Gasteiger partial charge in [0, 0.05) is 58.4 Å². The molecule has 2 atom stereocenters. The number of rotatable bonds is 12. The van der Waals surface area contributed by atoms with Gasteiger partial charge in [-0.05, 0) is 50.1 Å². The highest BCUT2D eigenvalue weighted by Crippen LogP contribution is 2.28. The SMILES string of the molecule is CCOC(=O)[C@H](CCC(=O)CC1CCN(c2ccc(C(=N)N)cc2)C1=O)NC(=O)c1[nH]c2ccccc2c1CBr. The topological polar surface area (TPSA) is 158 Å². The number of ether oxygens (including phenoxy) is 1. The van der Waals surface area contributed by atoms with Crippen molar-refractivity contribution >= 4 is 61.9 Å². The lowest BCUT2D eigenvalue weighted by Crippen LogP contribution is -2.42. The number of nitrogens with zero attached hydrogens (tertiary/aromatic N) is 1. The number of esters is 1. The molecule has 2 heterocycles. The number of fused-ring (bicyclic) bond motifs is 1. The molecule has 0 spiro atoms. The van der Waals surface area contributed by atoms with Crippen molar-refractivity contribution in [2.24, 2.45) is 11.7 Å². The monoisotopic (exact) mass is 609 g/mol. The molecule has 40 heavy (non-hydrogen) atoms. The normalized spacial score (nSPS) is 15.7. The van der Waals surface area contributed by atoms with Crippen molar-refractivity contribution in [3.05, 3.63) is 65.4 Å². The van der Waals surface area contributed by atoms with E-state index in [1.807, 2.05) is 24.3 Å². The molecule has 1 aliphatic rings. The van der Waals surface area contributed by atoms with Crippen molar-refractivity contribution in [3.8, 4) is 0 Å². The maximum Gasteiger partial charge on any atom is 0.328 e. The van der Waals surface area contributed by atoms with Crippen molar-refractivity contribution in [2.75, 3.05) is 18.1 Å². The van der Waals surface area contributed by atoms with Crippen LogP contribution in [0.2, 0.25) is 0 Å². The number of para-hydroxylation sites is 1. The molecular weight excluding hydrogens is 578 g/mol. The number of nitrogens with two attached hydrogens (primary N) is 1. The van der Waals surface area contributed by atoms with Crippen LogP contribution in [0.4, 0.5) is 5.69 Å². The molecule has 2 amide bonds. The van der Waals surface area contributed by atoms with Gasteiger partial charge >= 0.3 is 5.97 Å². The number of aromatic nitrogens is 1. The van der Waals surface area contributed by atoms with Gasteiger partial charge in [0.1, 0.15) is 23.4 Å². The Morgan fingerprint density at radius 1 is 1.20 bits per heavy atom. The molecule has 11 heteroatoms. The van der Waals surface area contributed by atoms with Crippen LogP contribution >= 0.6 is 15.9 Å². The second-order valence-electron chi connectivity index (χ2n) is 9.65. The minimum atomic E-state index is -1.01. The smallest absolute Gasteiger partial charge is 0.328 e. The van der Waals surface area contributed by atoms with Gasteiger partial charge in [-0.1, -0.05) is 34.1 Å². The van der Waals surface area contributed by atoms with Gasteiger partial charge in [-0.15, -0.1) is 0 Å². The molecule has 5 N–H and O–H groups in total. The third kappa shape index (κ3) is 6.41. The Bertz CT molecular complexity index is 1430. The van der Waals surface area contributed by atoms with E-state index in [-0.39, 0.29) is 43.4 Å². The molecule has 10 nitrogen and oxygen atoms in total. The number of benzene rings is 2. The molecule has 3 aromatic rings. The van der Waals surface area contributed by atoms with Gasteiger partial charge in [-0.2, -0.15) is 0 Å². The fourth-order valence-corrected chi connectivity index (χ4v) is 5.53. The molecule has 0 radical (unpaired) electrons. The number of halogens is 1. The van der Waals surface area contributed by atoms with Crippen molar-refractivity contribution in [1.82, 2.24) is 10.3 Å². The van der Waals surface area contributed by atoms with Gasteiger partial charge in [0.2, 0.25) is 5.91 Å². The first-order valence-electron chi connectivity index (χ1n) is 13.1. The number of amidine groups is 1. The maximum absolute atomic E-state index is 13.2. The third-order valence-electron chi connectivity index (χ3n) is 7.04. The van der Waals surface area contributed by atoms with Crippen LogP contribution in [-0.2, 0) is 24.5 Å². The Labute approximate surface area is 240 Å². The van der Waals surface area contributed by atoms with Gasteiger partial charge in [-0.3, -0.25) is 19.8 Å². The number of amides is 2. The summed E-state index contributed by atoms with van der Waals surface area (Å²) in [6.07, 6.45) is 0.663. The van der Waals surface area contributed by atoms with Crippen molar-refractivity contribution in [2.45, 2.75) is 44.0 Å². The number of carbonyl (C=O) groups excluding carboxylic acids is 4. The first-order valence-corrected chi connectivity index (χ1v) is 14.3. The molecule has 210 valence electrons. The molecule has 2 aromatic carbocycles. The molecule has 1 unspecified atom stereocenters. The van der Waals surface area contributed by atoms with E-state index in [4.69, 9.17) is 15.9 Å². The average Bonchev–Trinajstić information content (AvgIpc) is 3.51. The van der Waals surface area contributed by atoms with Crippen LogP contribution in [0.5, 0.6) is 0 Å². The van der Waals surface area contributed by atoms with E-state index >= 15 is 0 Å². The highest BCUT2D eigenvalue weighted by molar-refractivity contribution is 9.08. The molecule has 1 saturated heterocycles. The van der Waals surface area contributed by atoms with E-state index in [0.29, 0.717) is 35.2 Å². The number of carbonyl (C=O) groups is 4. The number of aromatic amines is 1. The first kappa shape index (κ1) is 29.0. The zero-order valence-electron chi connectivity index (χ0n) is 22.2. The van der Waals surface area contributed by atoms with Gasteiger partial charge in [-0.25, -0.2) is 4.79 Å². The zero-order valence-corrected chi connectivity index (χ0v) is 23.8. The summed E-state index contributed by atoms with van der Waals surface area (Å²) in [6.45, 7) is 2.30. The number of hydrogen-bond acceptors (Lipinski definition) is 6. The maximum atomic E-state index is 13.2. The van der Waals surface area contributed by atoms with Crippen molar-refractivity contribution in [1.29, 1.82) is 5.41 Å². The molecule has 4 rings (SSSR count). The molecule has 1 aromatic heterocycles. The predicted molar refractivity (Wildman–Crippen MR) is 156 cm³/mol. The van der Waals surface area contributed by atoms with Crippen LogP contribution in [0.3, 0.4) is 0 Å². The average molecular weight is 611 g/mol. The number of nitrogens with one attached hydrogen (secondary N) is 3. The summed E-state index contributed by atoms with van der Waals surface area (Å²) in [5.41, 5.74) is 8.67. The summed E-state index contributed by atoms with van der Waals surface area (Å²) in [5, 5.41) is 11.6. The Morgan fingerprint density at radius 2 is 1.93 bits per heavy atom. The third-order valence-corrected chi connectivity index (χ3v) is 7.60. The fourth-order valence-electron chi connectivity index (χ4n) is 4.94. The lowest BCUT2D eigenvalue weighted by molar-refractivity contribution is -0.145. The van der Waals surface area contributed by atoms with Crippen molar-refractivity contribution < 1.29 is 23.9 Å². The van der Waals surface area contributed by atoms with Crippen LogP contribution in [0.1, 0.15) is 54.2 Å². The van der Waals surface area contributed by atoms with E-state index in [0.717, 1.165) is 16.5 Å². The van der Waals surface area contributed by atoms with Gasteiger partial charge in [0.05, 0.1) is 6.61 Å². The Morgan fingerprint density at radius 3 is 2.60 bits per heavy atom. The number of nitrogen functional groups attached to an aromatic ring is 1. The molecular formula is C29H32BrN5O5. The summed E-state index contributed by atoms with van der Waals surface area (Å²) in [7, 11) is 0. The molecule has 0 saturated carbocycles. The van der Waals surface area contributed by atoms with Crippen molar-refractivity contribution in [3.63, 3.8) is 0 Å². The van der Waals surface area contributed by atoms with Gasteiger partial charge in [0.25, 0.3) is 5.91 Å². The minimum absolute atomic E-state index is 0.0128. The first-order chi connectivity index (χ1) is 19.2. The quantitative estimate of drug-likeness (QED) is 0.106. The second-order valence-corrected chi connectivity index (χ2v) is 10.2. The molecule has 1 fully saturated rings. The Balaban J connectivity index is 1.37. The molecule has 0 aliphatic carbocycles. The molecule has 0 bridgehead atoms.